The van der Waals surface area contributed by atoms with Crippen LogP contribution < -0.4 is 20.1 Å². The molecule has 0 unspecified atom stereocenters. The average Bonchev–Trinajstić information content (AvgIpc) is 3.14. The predicted molar refractivity (Wildman–Crippen MR) is 140 cm³/mol. The normalized spacial score (nSPS) is 15.9. The highest BCUT2D eigenvalue weighted by Crippen LogP contribution is 2.36. The highest BCUT2D eigenvalue weighted by molar-refractivity contribution is 7.21. The Hall–Kier alpha value is -3.84. The van der Waals surface area contributed by atoms with Crippen LogP contribution >= 0.6 is 11.3 Å². The standard InChI is InChI=1S/C28H25N3O3S/c1-17-3-8-22-26(13-17)35-28(31-22)18-4-6-20(7-5-18)30-27(32)16-23-21-15-25-24(33-11-2-12-34-25)14-19(21)9-10-29-23/h3-8,13-16,29H,2,9-12H2,1H3,(H,30,32). The molecule has 0 fully saturated rings. The van der Waals surface area contributed by atoms with Crippen LogP contribution in [0.5, 0.6) is 11.5 Å². The molecule has 0 spiro atoms. The van der Waals surface area contributed by atoms with Gasteiger partial charge in [0, 0.05) is 41.6 Å². The number of thiazole rings is 1. The van der Waals surface area contributed by atoms with Crippen LogP contribution in [0.2, 0.25) is 0 Å². The predicted octanol–water partition coefficient (Wildman–Crippen LogP) is 5.56. The number of carbonyl (C=O) groups excluding carboxylic acids is 1. The molecular weight excluding hydrogens is 458 g/mol. The van der Waals surface area contributed by atoms with E-state index in [-0.39, 0.29) is 5.91 Å². The minimum absolute atomic E-state index is 0.185. The molecule has 2 aliphatic rings. The van der Waals surface area contributed by atoms with E-state index in [1.54, 1.807) is 17.4 Å². The molecule has 0 aliphatic carbocycles. The maximum Gasteiger partial charge on any atom is 0.250 e. The third kappa shape index (κ3) is 4.47. The van der Waals surface area contributed by atoms with E-state index in [0.29, 0.717) is 13.2 Å². The fourth-order valence-electron chi connectivity index (χ4n) is 4.43. The van der Waals surface area contributed by atoms with Gasteiger partial charge in [0.05, 0.1) is 23.4 Å². The number of amides is 1. The Morgan fingerprint density at radius 1 is 1.06 bits per heavy atom. The molecule has 35 heavy (non-hydrogen) atoms. The first-order chi connectivity index (χ1) is 17.1. The smallest absolute Gasteiger partial charge is 0.250 e. The van der Waals surface area contributed by atoms with Gasteiger partial charge in [-0.05, 0) is 73.0 Å². The Kier molecular flexibility index (Phi) is 5.62. The van der Waals surface area contributed by atoms with Crippen LogP contribution in [-0.2, 0) is 11.2 Å². The minimum Gasteiger partial charge on any atom is -0.490 e. The largest absolute Gasteiger partial charge is 0.490 e. The zero-order chi connectivity index (χ0) is 23.8. The molecule has 0 atom stereocenters. The highest BCUT2D eigenvalue weighted by Gasteiger charge is 2.20. The number of hydrogen-bond donors (Lipinski definition) is 2. The summed E-state index contributed by atoms with van der Waals surface area (Å²) >= 11 is 1.68. The summed E-state index contributed by atoms with van der Waals surface area (Å²) in [6.07, 6.45) is 3.35. The van der Waals surface area contributed by atoms with Gasteiger partial charge in [-0.15, -0.1) is 11.3 Å². The van der Waals surface area contributed by atoms with E-state index in [9.17, 15) is 4.79 Å². The van der Waals surface area contributed by atoms with Gasteiger partial charge in [-0.25, -0.2) is 4.98 Å². The van der Waals surface area contributed by atoms with Gasteiger partial charge in [0.1, 0.15) is 5.01 Å². The topological polar surface area (TPSA) is 72.5 Å². The fourth-order valence-corrected chi connectivity index (χ4v) is 5.49. The molecule has 6 nitrogen and oxygen atoms in total. The summed E-state index contributed by atoms with van der Waals surface area (Å²) in [5.41, 5.74) is 6.94. The number of nitrogens with zero attached hydrogens (tertiary/aromatic N) is 1. The second-order valence-electron chi connectivity index (χ2n) is 8.80. The molecule has 1 aromatic heterocycles. The number of benzene rings is 3. The van der Waals surface area contributed by atoms with Gasteiger partial charge in [0.25, 0.3) is 0 Å². The first kappa shape index (κ1) is 21.7. The van der Waals surface area contributed by atoms with Crippen LogP contribution in [0.25, 0.3) is 26.5 Å². The van der Waals surface area contributed by atoms with Gasteiger partial charge < -0.3 is 20.1 Å². The molecule has 0 bridgehead atoms. The molecule has 4 aromatic rings. The molecule has 3 aromatic carbocycles. The van der Waals surface area contributed by atoms with E-state index in [1.807, 2.05) is 36.4 Å². The Morgan fingerprint density at radius 2 is 1.86 bits per heavy atom. The summed E-state index contributed by atoms with van der Waals surface area (Å²) < 4.78 is 12.9. The number of ether oxygens (including phenoxy) is 2. The summed E-state index contributed by atoms with van der Waals surface area (Å²) in [5, 5.41) is 7.31. The summed E-state index contributed by atoms with van der Waals surface area (Å²) in [6, 6.07) is 18.1. The van der Waals surface area contributed by atoms with Crippen molar-refractivity contribution in [3.63, 3.8) is 0 Å². The lowest BCUT2D eigenvalue weighted by Gasteiger charge is -2.23. The van der Waals surface area contributed by atoms with E-state index in [1.165, 1.54) is 10.3 Å². The van der Waals surface area contributed by atoms with Crippen molar-refractivity contribution >= 4 is 38.8 Å². The van der Waals surface area contributed by atoms with Crippen molar-refractivity contribution < 1.29 is 14.3 Å². The molecule has 0 radical (unpaired) electrons. The van der Waals surface area contributed by atoms with Crippen LogP contribution in [0, 0.1) is 6.92 Å². The van der Waals surface area contributed by atoms with Crippen molar-refractivity contribution in [1.82, 2.24) is 10.3 Å². The number of fused-ring (bicyclic) bond motifs is 3. The van der Waals surface area contributed by atoms with Crippen LogP contribution in [0.15, 0.2) is 60.7 Å². The summed E-state index contributed by atoms with van der Waals surface area (Å²) in [6.45, 7) is 4.14. The third-order valence-electron chi connectivity index (χ3n) is 6.19. The van der Waals surface area contributed by atoms with Gasteiger partial charge in [-0.1, -0.05) is 6.07 Å². The molecule has 176 valence electrons. The van der Waals surface area contributed by atoms with Crippen molar-refractivity contribution in [2.24, 2.45) is 0 Å². The van der Waals surface area contributed by atoms with Crippen molar-refractivity contribution in [2.45, 2.75) is 19.8 Å². The van der Waals surface area contributed by atoms with Crippen molar-refractivity contribution in [2.75, 3.05) is 25.1 Å². The van der Waals surface area contributed by atoms with Crippen LogP contribution in [0.1, 0.15) is 23.1 Å². The number of hydrogen-bond acceptors (Lipinski definition) is 6. The second kappa shape index (κ2) is 9.07. The number of aromatic nitrogens is 1. The molecule has 2 N–H and O–H groups in total. The van der Waals surface area contributed by atoms with Crippen LogP contribution in [-0.4, -0.2) is 30.6 Å². The molecule has 7 heteroatoms. The maximum absolute atomic E-state index is 12.8. The van der Waals surface area contributed by atoms with Gasteiger partial charge in [-0.3, -0.25) is 4.79 Å². The van der Waals surface area contributed by atoms with Crippen molar-refractivity contribution in [3.05, 3.63) is 77.4 Å². The lowest BCUT2D eigenvalue weighted by atomic mass is 9.96. The quantitative estimate of drug-likeness (QED) is 0.374. The van der Waals surface area contributed by atoms with Crippen molar-refractivity contribution in [3.8, 4) is 22.1 Å². The molecular formula is C28H25N3O3S. The zero-order valence-corrected chi connectivity index (χ0v) is 20.2. The SMILES string of the molecule is Cc1ccc2nc(-c3ccc(NC(=O)C=C4NCCc5cc6c(cc54)OCCCO6)cc3)sc2c1. The molecule has 3 heterocycles. The molecule has 2 aliphatic heterocycles. The lowest BCUT2D eigenvalue weighted by Crippen LogP contribution is -2.24. The first-order valence-corrected chi connectivity index (χ1v) is 12.6. The number of rotatable bonds is 3. The van der Waals surface area contributed by atoms with Crippen LogP contribution in [0.3, 0.4) is 0 Å². The number of carbonyl (C=O) groups is 1. The number of nitrogens with one attached hydrogen (secondary N) is 2. The molecule has 1 amide bonds. The monoisotopic (exact) mass is 483 g/mol. The lowest BCUT2D eigenvalue weighted by molar-refractivity contribution is -0.111. The minimum atomic E-state index is -0.185. The van der Waals surface area contributed by atoms with E-state index in [2.05, 4.69) is 35.8 Å². The van der Waals surface area contributed by atoms with E-state index in [4.69, 9.17) is 14.5 Å². The molecule has 0 saturated heterocycles. The van der Waals surface area contributed by atoms with Gasteiger partial charge >= 0.3 is 0 Å². The third-order valence-corrected chi connectivity index (χ3v) is 7.26. The van der Waals surface area contributed by atoms with Gasteiger partial charge in [0.2, 0.25) is 5.91 Å². The van der Waals surface area contributed by atoms with E-state index in [0.717, 1.165) is 69.5 Å². The van der Waals surface area contributed by atoms with E-state index < -0.39 is 0 Å². The van der Waals surface area contributed by atoms with Gasteiger partial charge in [0.15, 0.2) is 11.5 Å². The summed E-state index contributed by atoms with van der Waals surface area (Å²) in [5.74, 6) is 1.34. The van der Waals surface area contributed by atoms with Crippen molar-refractivity contribution in [1.29, 1.82) is 0 Å². The number of anilines is 1. The van der Waals surface area contributed by atoms with Gasteiger partial charge in [-0.2, -0.15) is 0 Å². The fraction of sp³-hybridized carbons (Fsp3) is 0.214. The molecule has 6 rings (SSSR count). The summed E-state index contributed by atoms with van der Waals surface area (Å²) in [4.78, 5) is 17.6. The first-order valence-electron chi connectivity index (χ1n) is 11.8. The summed E-state index contributed by atoms with van der Waals surface area (Å²) in [7, 11) is 0. The Morgan fingerprint density at radius 3 is 2.69 bits per heavy atom. The Balaban J connectivity index is 1.20. The maximum atomic E-state index is 12.8. The van der Waals surface area contributed by atoms with Crippen LogP contribution in [0.4, 0.5) is 5.69 Å². The highest BCUT2D eigenvalue weighted by atomic mass is 32.1. The van der Waals surface area contributed by atoms with E-state index >= 15 is 0 Å². The second-order valence-corrected chi connectivity index (χ2v) is 9.83. The number of aryl methyl sites for hydroxylation is 1. The molecule has 0 saturated carbocycles. The average molecular weight is 484 g/mol. The Labute approximate surface area is 207 Å². The Bertz CT molecular complexity index is 1460. The zero-order valence-electron chi connectivity index (χ0n) is 19.4.